The third kappa shape index (κ3) is 4.40. The van der Waals surface area contributed by atoms with Crippen molar-refractivity contribution in [3.05, 3.63) is 101 Å². The molecule has 0 spiro atoms. The van der Waals surface area contributed by atoms with Crippen molar-refractivity contribution >= 4 is 15.7 Å². The highest BCUT2D eigenvalue weighted by atomic mass is 32.2. The Morgan fingerprint density at radius 2 is 1.69 bits per heavy atom. The summed E-state index contributed by atoms with van der Waals surface area (Å²) in [5.41, 5.74) is 3.54. The lowest BCUT2D eigenvalue weighted by Crippen LogP contribution is -2.31. The number of benzene rings is 3. The number of carbonyl (C=O) groups excluding carboxylic acids is 1. The minimum Gasteiger partial charge on any atom is -0.345 e. The van der Waals surface area contributed by atoms with Crippen molar-refractivity contribution in [2.45, 2.75) is 36.0 Å². The second-order valence-corrected chi connectivity index (χ2v) is 9.38. The molecule has 1 aliphatic carbocycles. The van der Waals surface area contributed by atoms with E-state index in [-0.39, 0.29) is 22.6 Å². The number of sulfone groups is 1. The summed E-state index contributed by atoms with van der Waals surface area (Å²) in [5.74, 6) is -0.310. The number of rotatable bonds is 5. The number of amides is 1. The van der Waals surface area contributed by atoms with Gasteiger partial charge in [-0.15, -0.1) is 0 Å². The lowest BCUT2D eigenvalue weighted by molar-refractivity contribution is 0.0932. The van der Waals surface area contributed by atoms with Crippen molar-refractivity contribution in [1.29, 1.82) is 0 Å². The van der Waals surface area contributed by atoms with Gasteiger partial charge in [-0.05, 0) is 60.2 Å². The van der Waals surface area contributed by atoms with Crippen molar-refractivity contribution in [2.24, 2.45) is 0 Å². The van der Waals surface area contributed by atoms with E-state index in [1.165, 1.54) is 11.1 Å². The molecule has 0 aliphatic heterocycles. The van der Waals surface area contributed by atoms with Gasteiger partial charge in [0.2, 0.25) is 0 Å². The van der Waals surface area contributed by atoms with Gasteiger partial charge in [0.05, 0.1) is 16.7 Å². The molecule has 5 heteroatoms. The minimum absolute atomic E-state index is 0.0100. The van der Waals surface area contributed by atoms with Gasteiger partial charge in [-0.1, -0.05) is 54.6 Å². The van der Waals surface area contributed by atoms with Crippen LogP contribution in [-0.4, -0.2) is 14.3 Å². The lowest BCUT2D eigenvalue weighted by atomic mass is 9.87. The molecule has 0 bridgehead atoms. The molecule has 1 unspecified atom stereocenters. The summed E-state index contributed by atoms with van der Waals surface area (Å²) >= 11 is 0. The van der Waals surface area contributed by atoms with Crippen molar-refractivity contribution in [3.63, 3.8) is 0 Å². The number of hydrogen-bond donors (Lipinski definition) is 1. The molecule has 0 heterocycles. The van der Waals surface area contributed by atoms with E-state index in [2.05, 4.69) is 17.4 Å². The monoisotopic (exact) mass is 405 g/mol. The van der Waals surface area contributed by atoms with E-state index in [1.54, 1.807) is 54.6 Å². The maximum Gasteiger partial charge on any atom is 0.251 e. The average Bonchev–Trinajstić information content (AvgIpc) is 2.74. The Morgan fingerprint density at radius 1 is 0.931 bits per heavy atom. The molecular formula is C24H23NO3S. The van der Waals surface area contributed by atoms with Crippen LogP contribution in [0.15, 0.2) is 83.8 Å². The van der Waals surface area contributed by atoms with Crippen molar-refractivity contribution < 1.29 is 13.2 Å². The number of aryl methyl sites for hydroxylation is 1. The van der Waals surface area contributed by atoms with Gasteiger partial charge in [0, 0.05) is 5.56 Å². The Morgan fingerprint density at radius 3 is 2.52 bits per heavy atom. The topological polar surface area (TPSA) is 63.2 Å². The molecule has 0 radical (unpaired) electrons. The van der Waals surface area contributed by atoms with Crippen LogP contribution in [0.2, 0.25) is 0 Å². The third-order valence-corrected chi connectivity index (χ3v) is 7.03. The molecule has 4 rings (SSSR count). The second kappa shape index (κ2) is 8.21. The van der Waals surface area contributed by atoms with Crippen LogP contribution in [0.5, 0.6) is 0 Å². The summed E-state index contributed by atoms with van der Waals surface area (Å²) in [6.07, 6.45) is 2.98. The van der Waals surface area contributed by atoms with Gasteiger partial charge in [-0.3, -0.25) is 4.79 Å². The van der Waals surface area contributed by atoms with E-state index in [1.807, 2.05) is 12.1 Å². The van der Waals surface area contributed by atoms with Crippen molar-refractivity contribution in [3.8, 4) is 0 Å². The zero-order chi connectivity index (χ0) is 20.3. The van der Waals surface area contributed by atoms with Gasteiger partial charge in [0.25, 0.3) is 5.91 Å². The van der Waals surface area contributed by atoms with E-state index in [4.69, 9.17) is 0 Å². The standard InChI is InChI=1S/C24H23NO3S/c26-24(25-23-15-7-10-19-9-4-5-14-22(19)23)20-11-6-8-18(16-20)17-29(27,28)21-12-2-1-3-13-21/h1-6,8-9,11-14,16,23H,7,10,15,17H2,(H,25,26). The van der Waals surface area contributed by atoms with Gasteiger partial charge in [-0.2, -0.15) is 0 Å². The third-order valence-electron chi connectivity index (χ3n) is 5.32. The van der Waals surface area contributed by atoms with Gasteiger partial charge in [-0.25, -0.2) is 8.42 Å². The van der Waals surface area contributed by atoms with Crippen LogP contribution in [-0.2, 0) is 22.0 Å². The molecule has 3 aromatic carbocycles. The molecule has 0 saturated heterocycles. The Balaban J connectivity index is 1.51. The molecule has 1 amide bonds. The molecule has 148 valence electrons. The summed E-state index contributed by atoms with van der Waals surface area (Å²) in [6.45, 7) is 0. The Hall–Kier alpha value is -2.92. The van der Waals surface area contributed by atoms with Crippen LogP contribution >= 0.6 is 0 Å². The van der Waals surface area contributed by atoms with E-state index in [9.17, 15) is 13.2 Å². The second-order valence-electron chi connectivity index (χ2n) is 7.39. The maximum absolute atomic E-state index is 12.8. The highest BCUT2D eigenvalue weighted by molar-refractivity contribution is 7.90. The van der Waals surface area contributed by atoms with Gasteiger partial charge in [0.15, 0.2) is 9.84 Å². The molecule has 3 aromatic rings. The number of fused-ring (bicyclic) bond motifs is 1. The largest absolute Gasteiger partial charge is 0.345 e. The number of carbonyl (C=O) groups is 1. The Kier molecular flexibility index (Phi) is 5.49. The molecule has 0 saturated carbocycles. The van der Waals surface area contributed by atoms with Crippen molar-refractivity contribution in [1.82, 2.24) is 5.32 Å². The van der Waals surface area contributed by atoms with E-state index >= 15 is 0 Å². The van der Waals surface area contributed by atoms with Crippen LogP contribution in [0.3, 0.4) is 0 Å². The first-order valence-corrected chi connectivity index (χ1v) is 11.4. The first-order chi connectivity index (χ1) is 14.0. The van der Waals surface area contributed by atoms with E-state index < -0.39 is 9.84 Å². The minimum atomic E-state index is -3.45. The van der Waals surface area contributed by atoms with Crippen LogP contribution < -0.4 is 5.32 Å². The number of hydrogen-bond acceptors (Lipinski definition) is 3. The summed E-state index contributed by atoms with van der Waals surface area (Å²) in [7, 11) is -3.45. The summed E-state index contributed by atoms with van der Waals surface area (Å²) < 4.78 is 25.3. The first-order valence-electron chi connectivity index (χ1n) is 9.78. The Bertz CT molecular complexity index is 1120. The first kappa shape index (κ1) is 19.4. The van der Waals surface area contributed by atoms with Crippen LogP contribution in [0.4, 0.5) is 0 Å². The van der Waals surface area contributed by atoms with Gasteiger partial charge in [0.1, 0.15) is 0 Å². The molecule has 29 heavy (non-hydrogen) atoms. The zero-order valence-corrected chi connectivity index (χ0v) is 16.9. The van der Waals surface area contributed by atoms with E-state index in [0.29, 0.717) is 11.1 Å². The smallest absolute Gasteiger partial charge is 0.251 e. The van der Waals surface area contributed by atoms with Crippen LogP contribution in [0.1, 0.15) is 45.9 Å². The molecule has 4 nitrogen and oxygen atoms in total. The molecular weight excluding hydrogens is 382 g/mol. The van der Waals surface area contributed by atoms with Gasteiger partial charge < -0.3 is 5.32 Å². The maximum atomic E-state index is 12.8. The lowest BCUT2D eigenvalue weighted by Gasteiger charge is -2.26. The highest BCUT2D eigenvalue weighted by Gasteiger charge is 2.22. The van der Waals surface area contributed by atoms with Crippen LogP contribution in [0, 0.1) is 0 Å². The molecule has 1 aliphatic rings. The van der Waals surface area contributed by atoms with E-state index in [0.717, 1.165) is 19.3 Å². The normalized spacial score (nSPS) is 16.1. The quantitative estimate of drug-likeness (QED) is 0.681. The number of nitrogens with one attached hydrogen (secondary N) is 1. The van der Waals surface area contributed by atoms with Crippen molar-refractivity contribution in [2.75, 3.05) is 0 Å². The fraction of sp³-hybridized carbons (Fsp3) is 0.208. The summed E-state index contributed by atoms with van der Waals surface area (Å²) in [4.78, 5) is 13.1. The fourth-order valence-electron chi connectivity index (χ4n) is 3.88. The van der Waals surface area contributed by atoms with Gasteiger partial charge >= 0.3 is 0 Å². The fourth-order valence-corrected chi connectivity index (χ4v) is 5.24. The Labute approximate surface area is 171 Å². The summed E-state index contributed by atoms with van der Waals surface area (Å²) in [6, 6.07) is 23.5. The molecule has 0 fully saturated rings. The summed E-state index contributed by atoms with van der Waals surface area (Å²) in [5, 5.41) is 3.12. The molecule has 1 N–H and O–H groups in total. The predicted octanol–water partition coefficient (Wildman–Crippen LogP) is 4.47. The predicted molar refractivity (Wildman–Crippen MR) is 113 cm³/mol. The average molecular weight is 406 g/mol. The molecule has 1 atom stereocenters. The zero-order valence-electron chi connectivity index (χ0n) is 16.0. The SMILES string of the molecule is O=C(NC1CCCc2ccccc21)c1cccc(CS(=O)(=O)c2ccccc2)c1. The molecule has 0 aromatic heterocycles. The van der Waals surface area contributed by atoms with Crippen LogP contribution in [0.25, 0.3) is 0 Å². The highest BCUT2D eigenvalue weighted by Crippen LogP contribution is 2.29.